The zero-order valence-corrected chi connectivity index (χ0v) is 32.4. The van der Waals surface area contributed by atoms with Gasteiger partial charge in [0.2, 0.25) is 5.88 Å². The number of hydrogen-bond donors (Lipinski definition) is 8. The molecule has 0 radical (unpaired) electrons. The van der Waals surface area contributed by atoms with Crippen LogP contribution in [0.15, 0.2) is 53.0 Å². The third-order valence-corrected chi connectivity index (χ3v) is 9.29. The quantitative estimate of drug-likeness (QED) is 0.0793. The number of allylic oxidation sites excluding steroid dienone is 2. The molecule has 2 aromatic carbocycles. The Morgan fingerprint density at radius 3 is 2.28 bits per heavy atom. The van der Waals surface area contributed by atoms with Gasteiger partial charge in [-0.05, 0) is 63.4 Å². The Morgan fingerprint density at radius 2 is 1.77 bits per heavy atom. The van der Waals surface area contributed by atoms with Crippen molar-refractivity contribution in [1.29, 1.82) is 0 Å². The first-order valence-electron chi connectivity index (χ1n) is 17.7. The van der Waals surface area contributed by atoms with E-state index in [1.165, 1.54) is 25.4 Å². The molecule has 2 aliphatic heterocycles. The molecule has 4 aromatic rings. The van der Waals surface area contributed by atoms with E-state index in [0.29, 0.717) is 35.5 Å². The van der Waals surface area contributed by atoms with Crippen molar-refractivity contribution in [3.8, 4) is 17.4 Å². The summed E-state index contributed by atoms with van der Waals surface area (Å²) in [5, 5.41) is 62.9. The topological polar surface area (TPSA) is 299 Å². The largest absolute Gasteiger partial charge is 0.507 e. The first-order valence-corrected chi connectivity index (χ1v) is 17.7. The fourth-order valence-corrected chi connectivity index (χ4v) is 5.99. The molecular weight excluding hydrogens is 807 g/mol. The molecule has 4 atom stereocenters. The number of aromatic hydroxyl groups is 2. The number of carbonyl (C=O) groups excluding carboxylic acids is 3. The van der Waals surface area contributed by atoms with E-state index in [4.69, 9.17) is 34.7 Å². The molecule has 4 heterocycles. The molecule has 0 unspecified atom stereocenters. The number of nitrogens with two attached hydrogens (primary N) is 1. The smallest absolute Gasteiger partial charge is 0.416 e. The number of alkyl halides is 3. The van der Waals surface area contributed by atoms with E-state index in [0.717, 1.165) is 34.2 Å². The van der Waals surface area contributed by atoms with Gasteiger partial charge in [-0.25, -0.2) is 9.78 Å². The molecule has 22 heteroatoms. The molecule has 0 aliphatic carbocycles. The Bertz CT molecular complexity index is 2240. The normalized spacial score (nSPS) is 18.4. The number of methoxy groups -OCH3 is 1. The van der Waals surface area contributed by atoms with Crippen molar-refractivity contribution < 1.29 is 81.7 Å². The van der Waals surface area contributed by atoms with Crippen molar-refractivity contribution in [2.75, 3.05) is 19.0 Å². The van der Waals surface area contributed by atoms with Gasteiger partial charge >= 0.3 is 18.1 Å². The molecular formula is C38H42F3N5O14. The second-order valence-electron chi connectivity index (χ2n) is 13.3. The van der Waals surface area contributed by atoms with Crippen LogP contribution in [0.1, 0.15) is 85.2 Å². The number of phenolic OH excluding ortho intramolecular Hbond substituents is 1. The van der Waals surface area contributed by atoms with Gasteiger partial charge in [0.15, 0.2) is 11.9 Å². The van der Waals surface area contributed by atoms with Gasteiger partial charge in [0.25, 0.3) is 11.8 Å². The second kappa shape index (κ2) is 19.5. The lowest BCUT2D eigenvalue weighted by Crippen LogP contribution is -2.33. The van der Waals surface area contributed by atoms with Crippen LogP contribution in [0.4, 0.5) is 18.9 Å². The summed E-state index contributed by atoms with van der Waals surface area (Å²) in [6.45, 7) is 4.86. The van der Waals surface area contributed by atoms with Gasteiger partial charge in [0.05, 0.1) is 25.5 Å². The molecule has 0 saturated carbocycles. The van der Waals surface area contributed by atoms with E-state index >= 15 is 0 Å². The molecule has 2 aliphatic rings. The van der Waals surface area contributed by atoms with Crippen LogP contribution in [0.2, 0.25) is 0 Å². The number of aryl methyl sites for hydroxylation is 1. The standard InChI is InChI=1S/C17H20O6.C12H9F3N2O2.C9H13N3O6/c1-9(5-7-13(18)19)4-6-11-15(20)14-12(8-23-17(14)21)10(2)16(11)22-3;1-7-10(6-16-19-7)11(18)17-9-4-2-8(3-5-9)12(13,14)15;10-7(16)4-8(17)12(2-11-4)9-6(15)5(14)3(1-13)18-9/h4,20H,5-8H2,1-3H3,(H,18,19);2-6H,1H3,(H,17,18);2-3,5-6,9,13-15,17H,1H2,(H2,10,16)/b9-4+;;/t;;3-,5-,6-,9-/m..1/s1. The minimum Gasteiger partial charge on any atom is -0.507 e. The average molecular weight is 850 g/mol. The number of halogens is 3. The van der Waals surface area contributed by atoms with Crippen molar-refractivity contribution >= 4 is 29.4 Å². The Labute approximate surface area is 338 Å². The number of fused-ring (bicyclic) bond motifs is 1. The van der Waals surface area contributed by atoms with Crippen LogP contribution < -0.4 is 15.8 Å². The number of aromatic nitrogens is 3. The minimum absolute atomic E-state index is 0.0565. The molecule has 1 fully saturated rings. The molecule has 19 nitrogen and oxygen atoms in total. The van der Waals surface area contributed by atoms with Gasteiger partial charge in [-0.15, -0.1) is 0 Å². The summed E-state index contributed by atoms with van der Waals surface area (Å²) < 4.78 is 58.3. The highest BCUT2D eigenvalue weighted by atomic mass is 19.4. The number of carbonyl (C=O) groups is 4. The van der Waals surface area contributed by atoms with E-state index < -0.39 is 72.5 Å². The van der Waals surface area contributed by atoms with Crippen LogP contribution in [0.25, 0.3) is 0 Å². The number of amides is 2. The zero-order chi connectivity index (χ0) is 44.6. The number of rotatable bonds is 11. The number of cyclic esters (lactones) is 1. The number of imidazole rings is 1. The number of aliphatic carboxylic acids is 1. The van der Waals surface area contributed by atoms with Crippen LogP contribution in [-0.2, 0) is 33.5 Å². The third-order valence-electron chi connectivity index (χ3n) is 9.29. The summed E-state index contributed by atoms with van der Waals surface area (Å²) >= 11 is 0. The molecule has 0 spiro atoms. The summed E-state index contributed by atoms with van der Waals surface area (Å²) in [4.78, 5) is 48.6. The fraction of sp³-hybridized carbons (Fsp3) is 0.368. The first kappa shape index (κ1) is 46.2. The first-order chi connectivity index (χ1) is 28.2. The van der Waals surface area contributed by atoms with E-state index in [2.05, 4.69) is 15.5 Å². The van der Waals surface area contributed by atoms with Crippen molar-refractivity contribution in [3.63, 3.8) is 0 Å². The number of aliphatic hydroxyl groups excluding tert-OH is 3. The number of esters is 1. The molecule has 2 amide bonds. The molecule has 60 heavy (non-hydrogen) atoms. The van der Waals surface area contributed by atoms with E-state index in [1.54, 1.807) is 6.92 Å². The van der Waals surface area contributed by atoms with E-state index in [1.807, 2.05) is 19.9 Å². The summed E-state index contributed by atoms with van der Waals surface area (Å²) in [5.41, 5.74) is 7.37. The van der Waals surface area contributed by atoms with Gasteiger partial charge in [0.1, 0.15) is 59.6 Å². The van der Waals surface area contributed by atoms with Crippen LogP contribution >= 0.6 is 0 Å². The number of phenols is 1. The Kier molecular flexibility index (Phi) is 15.0. The summed E-state index contributed by atoms with van der Waals surface area (Å²) in [6, 6.07) is 4.17. The van der Waals surface area contributed by atoms with Crippen LogP contribution in [0.5, 0.6) is 17.4 Å². The van der Waals surface area contributed by atoms with E-state index in [-0.39, 0.29) is 41.3 Å². The second-order valence-corrected chi connectivity index (χ2v) is 13.3. The van der Waals surface area contributed by atoms with Gasteiger partial charge in [-0.3, -0.25) is 19.0 Å². The van der Waals surface area contributed by atoms with Crippen molar-refractivity contribution in [1.82, 2.24) is 14.7 Å². The number of aliphatic hydroxyl groups is 3. The fourth-order valence-electron chi connectivity index (χ4n) is 5.99. The predicted molar refractivity (Wildman–Crippen MR) is 199 cm³/mol. The Hall–Kier alpha value is -6.49. The number of primary amides is 1. The maximum absolute atomic E-state index is 12.4. The highest BCUT2D eigenvalue weighted by Gasteiger charge is 2.44. The molecule has 0 bridgehead atoms. The molecule has 9 N–H and O–H groups in total. The van der Waals surface area contributed by atoms with Crippen molar-refractivity contribution in [2.24, 2.45) is 5.73 Å². The maximum atomic E-state index is 12.4. The number of nitrogens with one attached hydrogen (secondary N) is 1. The molecule has 2 aromatic heterocycles. The van der Waals surface area contributed by atoms with Crippen LogP contribution in [-0.4, -0.2) is 101 Å². The zero-order valence-electron chi connectivity index (χ0n) is 32.4. The molecule has 6 rings (SSSR count). The minimum atomic E-state index is -4.40. The van der Waals surface area contributed by atoms with Crippen LogP contribution in [0.3, 0.4) is 0 Å². The number of nitrogens with zero attached hydrogens (tertiary/aromatic N) is 3. The SMILES string of the molecule is COc1c(C)c2c(c(O)c1C/C=C(\C)CCC(=O)O)C(=O)OC2.Cc1oncc1C(=O)Nc1ccc(C(F)(F)F)cc1.NC(=O)c1ncn([C@@H]2O[C@H](CO)[C@@H](O)[C@H]2O)c1O. The average Bonchev–Trinajstić information content (AvgIpc) is 3.97. The molecule has 324 valence electrons. The lowest BCUT2D eigenvalue weighted by Gasteiger charge is -2.16. The number of carboxylic acids is 1. The summed E-state index contributed by atoms with van der Waals surface area (Å²) in [6.07, 6.45) is -4.23. The Morgan fingerprint density at radius 1 is 1.10 bits per heavy atom. The van der Waals surface area contributed by atoms with Gasteiger partial charge in [-0.1, -0.05) is 16.8 Å². The number of carboxylic acid groups (broad SMARTS) is 1. The number of hydrogen-bond acceptors (Lipinski definition) is 15. The number of anilines is 1. The molecule has 1 saturated heterocycles. The Balaban J connectivity index is 0.000000200. The van der Waals surface area contributed by atoms with Gasteiger partial charge < -0.3 is 60.4 Å². The van der Waals surface area contributed by atoms with E-state index in [9.17, 15) is 52.8 Å². The summed E-state index contributed by atoms with van der Waals surface area (Å²) in [5.74, 6) is -2.63. The number of ether oxygens (including phenoxy) is 3. The maximum Gasteiger partial charge on any atom is 0.416 e. The number of benzene rings is 2. The summed E-state index contributed by atoms with van der Waals surface area (Å²) in [7, 11) is 1.51. The predicted octanol–water partition coefficient (Wildman–Crippen LogP) is 3.29. The lowest BCUT2D eigenvalue weighted by atomic mass is 9.94. The monoisotopic (exact) mass is 849 g/mol. The van der Waals surface area contributed by atoms with Crippen LogP contribution in [0, 0.1) is 13.8 Å². The highest BCUT2D eigenvalue weighted by molar-refractivity contribution is 6.04. The lowest BCUT2D eigenvalue weighted by molar-refractivity contribution is -0.138. The van der Waals surface area contributed by atoms with Crippen molar-refractivity contribution in [3.05, 3.63) is 93.3 Å². The van der Waals surface area contributed by atoms with Gasteiger partial charge in [-0.2, -0.15) is 13.2 Å². The third kappa shape index (κ3) is 10.6. The van der Waals surface area contributed by atoms with Crippen molar-refractivity contribution in [2.45, 2.75) is 77.4 Å². The highest BCUT2D eigenvalue weighted by Crippen LogP contribution is 2.42. The van der Waals surface area contributed by atoms with Gasteiger partial charge in [0, 0.05) is 23.2 Å².